The number of amides is 3. The third kappa shape index (κ3) is 3.45. The summed E-state index contributed by atoms with van der Waals surface area (Å²) >= 11 is 0. The lowest BCUT2D eigenvalue weighted by Crippen LogP contribution is -2.44. The molecule has 0 aromatic heterocycles. The number of hydrogen-bond donors (Lipinski definition) is 2. The summed E-state index contributed by atoms with van der Waals surface area (Å²) in [6.45, 7) is 4.50. The van der Waals surface area contributed by atoms with Gasteiger partial charge in [-0.3, -0.25) is 9.69 Å². The first-order chi connectivity index (χ1) is 8.96. The van der Waals surface area contributed by atoms with E-state index in [2.05, 4.69) is 0 Å². The number of aliphatic hydroxyl groups excluding tert-OH is 2. The molecule has 0 saturated carbocycles. The average molecular weight is 272 g/mol. The third-order valence-electron chi connectivity index (χ3n) is 3.48. The van der Waals surface area contributed by atoms with Gasteiger partial charge in [0.2, 0.25) is 0 Å². The second-order valence-electron chi connectivity index (χ2n) is 5.31. The summed E-state index contributed by atoms with van der Waals surface area (Å²) in [6, 6.07) is -0.258. The van der Waals surface area contributed by atoms with Crippen LogP contribution in [0.25, 0.3) is 0 Å². The molecule has 6 heteroatoms. The Morgan fingerprint density at radius 3 is 2.00 bits per heavy atom. The molecule has 110 valence electrons. The van der Waals surface area contributed by atoms with Gasteiger partial charge in [0.15, 0.2) is 0 Å². The monoisotopic (exact) mass is 272 g/mol. The first kappa shape index (κ1) is 15.9. The Morgan fingerprint density at radius 2 is 1.47 bits per heavy atom. The van der Waals surface area contributed by atoms with Gasteiger partial charge in [0, 0.05) is 26.3 Å². The molecule has 1 saturated heterocycles. The Balaban J connectivity index is 2.66. The SMILES string of the molecule is CC1(C)C(=O)N(CCCCO)C(=O)N1CCCCO. The summed E-state index contributed by atoms with van der Waals surface area (Å²) < 4.78 is 0. The number of nitrogens with zero attached hydrogens (tertiary/aromatic N) is 2. The van der Waals surface area contributed by atoms with Crippen LogP contribution in [0.1, 0.15) is 39.5 Å². The van der Waals surface area contributed by atoms with E-state index >= 15 is 0 Å². The van der Waals surface area contributed by atoms with E-state index in [0.29, 0.717) is 38.8 Å². The lowest BCUT2D eigenvalue weighted by atomic mass is 10.0. The molecule has 2 N–H and O–H groups in total. The van der Waals surface area contributed by atoms with Gasteiger partial charge in [-0.15, -0.1) is 0 Å². The highest BCUT2D eigenvalue weighted by molar-refractivity contribution is 6.06. The summed E-state index contributed by atoms with van der Waals surface area (Å²) in [5, 5.41) is 17.5. The van der Waals surface area contributed by atoms with E-state index in [1.807, 2.05) is 0 Å². The summed E-state index contributed by atoms with van der Waals surface area (Å²) in [5.41, 5.74) is -0.814. The number of unbranched alkanes of at least 4 members (excludes halogenated alkanes) is 2. The molecule has 3 amide bonds. The van der Waals surface area contributed by atoms with Crippen molar-refractivity contribution in [1.29, 1.82) is 0 Å². The molecule has 0 unspecified atom stereocenters. The Kier molecular flexibility index (Phi) is 5.75. The van der Waals surface area contributed by atoms with E-state index in [9.17, 15) is 9.59 Å². The van der Waals surface area contributed by atoms with E-state index in [4.69, 9.17) is 10.2 Å². The Labute approximate surface area is 114 Å². The van der Waals surface area contributed by atoms with Crippen LogP contribution in [0.4, 0.5) is 4.79 Å². The average Bonchev–Trinajstić information content (AvgIpc) is 2.52. The van der Waals surface area contributed by atoms with Crippen LogP contribution < -0.4 is 0 Å². The summed E-state index contributed by atoms with van der Waals surface area (Å²) in [6.07, 6.45) is 2.51. The zero-order valence-electron chi connectivity index (χ0n) is 11.8. The largest absolute Gasteiger partial charge is 0.396 e. The Hall–Kier alpha value is -1.14. The molecule has 1 heterocycles. The van der Waals surface area contributed by atoms with Gasteiger partial charge < -0.3 is 15.1 Å². The van der Waals surface area contributed by atoms with Crippen LogP contribution in [0.15, 0.2) is 0 Å². The van der Waals surface area contributed by atoms with Crippen molar-refractivity contribution in [3.05, 3.63) is 0 Å². The van der Waals surface area contributed by atoms with E-state index in [1.165, 1.54) is 4.90 Å². The predicted molar refractivity (Wildman–Crippen MR) is 70.5 cm³/mol. The van der Waals surface area contributed by atoms with Gasteiger partial charge in [0.05, 0.1) is 0 Å². The summed E-state index contributed by atoms with van der Waals surface area (Å²) in [4.78, 5) is 27.3. The standard InChI is InChI=1S/C13H24N2O4/c1-13(2)11(18)14(7-3-5-9-16)12(19)15(13)8-4-6-10-17/h16-17H,3-10H2,1-2H3. The summed E-state index contributed by atoms with van der Waals surface area (Å²) in [7, 11) is 0. The molecule has 0 radical (unpaired) electrons. The number of carbonyl (C=O) groups excluding carboxylic acids is 2. The van der Waals surface area contributed by atoms with Crippen LogP contribution in [0.2, 0.25) is 0 Å². The highest BCUT2D eigenvalue weighted by atomic mass is 16.3. The second-order valence-corrected chi connectivity index (χ2v) is 5.31. The molecular formula is C13H24N2O4. The number of hydrogen-bond acceptors (Lipinski definition) is 4. The third-order valence-corrected chi connectivity index (χ3v) is 3.48. The van der Waals surface area contributed by atoms with Gasteiger partial charge in [0.25, 0.3) is 5.91 Å². The van der Waals surface area contributed by atoms with Crippen molar-refractivity contribution in [3.63, 3.8) is 0 Å². The van der Waals surface area contributed by atoms with Crippen LogP contribution in [0.5, 0.6) is 0 Å². The predicted octanol–water partition coefficient (Wildman–Crippen LogP) is 0.574. The number of urea groups is 1. The minimum atomic E-state index is -0.814. The molecule has 0 aliphatic carbocycles. The van der Waals surface area contributed by atoms with Gasteiger partial charge >= 0.3 is 6.03 Å². The van der Waals surface area contributed by atoms with Crippen molar-refractivity contribution in [1.82, 2.24) is 9.80 Å². The maximum absolute atomic E-state index is 12.2. The van der Waals surface area contributed by atoms with Crippen LogP contribution in [0, 0.1) is 0 Å². The van der Waals surface area contributed by atoms with Crippen LogP contribution in [0.3, 0.4) is 0 Å². The molecule has 6 nitrogen and oxygen atoms in total. The molecule has 1 rings (SSSR count). The fourth-order valence-electron chi connectivity index (χ4n) is 2.25. The van der Waals surface area contributed by atoms with Gasteiger partial charge in [0.1, 0.15) is 5.54 Å². The van der Waals surface area contributed by atoms with Crippen LogP contribution in [-0.4, -0.2) is 63.8 Å². The molecule has 1 fully saturated rings. The minimum absolute atomic E-state index is 0.0693. The van der Waals surface area contributed by atoms with Crippen molar-refractivity contribution in [2.24, 2.45) is 0 Å². The van der Waals surface area contributed by atoms with Crippen molar-refractivity contribution >= 4 is 11.9 Å². The highest BCUT2D eigenvalue weighted by Gasteiger charge is 2.50. The van der Waals surface area contributed by atoms with E-state index in [1.54, 1.807) is 18.7 Å². The second kappa shape index (κ2) is 6.86. The zero-order chi connectivity index (χ0) is 14.5. The van der Waals surface area contributed by atoms with Gasteiger partial charge in [-0.1, -0.05) is 0 Å². The number of aliphatic hydroxyl groups is 2. The molecule has 19 heavy (non-hydrogen) atoms. The van der Waals surface area contributed by atoms with Crippen molar-refractivity contribution in [2.45, 2.75) is 45.1 Å². The number of rotatable bonds is 8. The molecule has 0 bridgehead atoms. The molecule has 1 aliphatic rings. The van der Waals surface area contributed by atoms with Crippen molar-refractivity contribution in [3.8, 4) is 0 Å². The smallest absolute Gasteiger partial charge is 0.327 e. The topological polar surface area (TPSA) is 81.1 Å². The van der Waals surface area contributed by atoms with Crippen LogP contribution in [-0.2, 0) is 4.79 Å². The van der Waals surface area contributed by atoms with E-state index < -0.39 is 5.54 Å². The van der Waals surface area contributed by atoms with Gasteiger partial charge in [-0.05, 0) is 39.5 Å². The molecule has 1 aliphatic heterocycles. The Morgan fingerprint density at radius 1 is 0.947 bits per heavy atom. The maximum atomic E-state index is 12.2. The molecule has 0 atom stereocenters. The normalized spacial score (nSPS) is 18.5. The molecular weight excluding hydrogens is 248 g/mol. The van der Waals surface area contributed by atoms with Crippen molar-refractivity contribution in [2.75, 3.05) is 26.3 Å². The van der Waals surface area contributed by atoms with Crippen LogP contribution >= 0.6 is 0 Å². The fraction of sp³-hybridized carbons (Fsp3) is 0.846. The van der Waals surface area contributed by atoms with E-state index in [0.717, 1.165) is 0 Å². The molecule has 0 aromatic rings. The number of carbonyl (C=O) groups is 2. The minimum Gasteiger partial charge on any atom is -0.396 e. The molecule has 0 spiro atoms. The first-order valence-electron chi connectivity index (χ1n) is 6.82. The fourth-order valence-corrected chi connectivity index (χ4v) is 2.25. The summed E-state index contributed by atoms with van der Waals surface area (Å²) in [5.74, 6) is -0.181. The van der Waals surface area contributed by atoms with Crippen molar-refractivity contribution < 1.29 is 19.8 Å². The lowest BCUT2D eigenvalue weighted by molar-refractivity contribution is -0.131. The quantitative estimate of drug-likeness (QED) is 0.500. The van der Waals surface area contributed by atoms with E-state index in [-0.39, 0.29) is 25.2 Å². The zero-order valence-corrected chi connectivity index (χ0v) is 11.8. The maximum Gasteiger partial charge on any atom is 0.327 e. The van der Waals surface area contributed by atoms with Gasteiger partial charge in [-0.2, -0.15) is 0 Å². The Bertz CT molecular complexity index is 331. The highest BCUT2D eigenvalue weighted by Crippen LogP contribution is 2.28. The van der Waals surface area contributed by atoms with Gasteiger partial charge in [-0.25, -0.2) is 4.79 Å². The molecule has 0 aromatic carbocycles. The first-order valence-corrected chi connectivity index (χ1v) is 6.82. The number of imide groups is 1. The lowest BCUT2D eigenvalue weighted by Gasteiger charge is -2.27.